The fourth-order valence-electron chi connectivity index (χ4n) is 1.49. The largest absolute Gasteiger partial charge is 0.323 e. The number of hydrogen-bond acceptors (Lipinski definition) is 1. The second kappa shape index (κ2) is 5.56. The lowest BCUT2D eigenvalue weighted by molar-refractivity contribution is 0.262. The number of carbonyl (C=O) groups excluding carboxylic acids is 1. The molecule has 0 aliphatic rings. The van der Waals surface area contributed by atoms with Crippen LogP contribution in [0.15, 0.2) is 48.5 Å². The van der Waals surface area contributed by atoms with Crippen molar-refractivity contribution in [3.8, 4) is 0 Å². The second-order valence-corrected chi connectivity index (χ2v) is 4.32. The number of carbonyl (C=O) groups is 1. The normalized spacial score (nSPS) is 9.89. The molecule has 0 heterocycles. The van der Waals surface area contributed by atoms with Crippen LogP contribution in [0.25, 0.3) is 0 Å². The summed E-state index contributed by atoms with van der Waals surface area (Å²) in [7, 11) is 0. The van der Waals surface area contributed by atoms with Crippen molar-refractivity contribution in [1.29, 1.82) is 0 Å². The third-order valence-corrected chi connectivity index (χ3v) is 2.87. The van der Waals surface area contributed by atoms with Crippen LogP contribution in [-0.2, 0) is 0 Å². The molecule has 0 aliphatic heterocycles. The highest BCUT2D eigenvalue weighted by atomic mass is 35.5. The van der Waals surface area contributed by atoms with Crippen LogP contribution in [0.3, 0.4) is 0 Å². The fraction of sp³-hybridized carbons (Fsp3) is 0.0714. The summed E-state index contributed by atoms with van der Waals surface area (Å²) in [5.74, 6) is 0. The Bertz CT molecular complexity index is 555. The van der Waals surface area contributed by atoms with Gasteiger partial charge < -0.3 is 10.6 Å². The first-order valence-electron chi connectivity index (χ1n) is 5.54. The van der Waals surface area contributed by atoms with Gasteiger partial charge in [-0.15, -0.1) is 0 Å². The molecule has 0 spiro atoms. The Morgan fingerprint density at radius 1 is 1.00 bits per heavy atom. The van der Waals surface area contributed by atoms with Gasteiger partial charge in [-0.05, 0) is 36.8 Å². The lowest BCUT2D eigenvalue weighted by Crippen LogP contribution is -2.19. The monoisotopic (exact) mass is 260 g/mol. The minimum Gasteiger partial charge on any atom is -0.308 e. The molecule has 0 saturated carbocycles. The molecule has 3 nitrogen and oxygen atoms in total. The molecule has 2 rings (SSSR count). The average molecular weight is 261 g/mol. The van der Waals surface area contributed by atoms with E-state index in [-0.39, 0.29) is 6.03 Å². The van der Waals surface area contributed by atoms with E-state index in [9.17, 15) is 4.79 Å². The lowest BCUT2D eigenvalue weighted by atomic mass is 10.2. The molecule has 2 aromatic carbocycles. The number of anilines is 2. The molecule has 18 heavy (non-hydrogen) atoms. The summed E-state index contributed by atoms with van der Waals surface area (Å²) in [6.45, 7) is 1.91. The molecule has 0 aliphatic carbocycles. The maximum Gasteiger partial charge on any atom is 0.323 e. The highest BCUT2D eigenvalue weighted by Crippen LogP contribution is 2.20. The number of benzene rings is 2. The van der Waals surface area contributed by atoms with Gasteiger partial charge in [-0.2, -0.15) is 0 Å². The summed E-state index contributed by atoms with van der Waals surface area (Å²) in [6.07, 6.45) is 0. The fourth-order valence-corrected chi connectivity index (χ4v) is 1.67. The van der Waals surface area contributed by atoms with E-state index in [1.165, 1.54) is 0 Å². The summed E-state index contributed by atoms with van der Waals surface area (Å²) < 4.78 is 0. The van der Waals surface area contributed by atoms with Gasteiger partial charge in [-0.25, -0.2) is 4.79 Å². The number of amides is 2. The quantitative estimate of drug-likeness (QED) is 0.831. The molecule has 0 saturated heterocycles. The first-order chi connectivity index (χ1) is 8.65. The van der Waals surface area contributed by atoms with Crippen LogP contribution in [0, 0.1) is 6.92 Å². The van der Waals surface area contributed by atoms with Gasteiger partial charge in [-0.3, -0.25) is 0 Å². The number of hydrogen-bond donors (Lipinski definition) is 2. The Morgan fingerprint density at radius 3 is 2.33 bits per heavy atom. The lowest BCUT2D eigenvalue weighted by Gasteiger charge is -2.08. The number of aryl methyl sites for hydroxylation is 1. The minimum absolute atomic E-state index is 0.291. The van der Waals surface area contributed by atoms with Crippen LogP contribution in [0.2, 0.25) is 5.02 Å². The van der Waals surface area contributed by atoms with Gasteiger partial charge in [0.25, 0.3) is 0 Å². The van der Waals surface area contributed by atoms with Crippen molar-refractivity contribution in [3.05, 3.63) is 59.1 Å². The summed E-state index contributed by atoms with van der Waals surface area (Å²) in [5, 5.41) is 6.09. The zero-order chi connectivity index (χ0) is 13.0. The van der Waals surface area contributed by atoms with E-state index in [0.29, 0.717) is 10.7 Å². The van der Waals surface area contributed by atoms with Crippen LogP contribution in [-0.4, -0.2) is 6.03 Å². The molecule has 92 valence electrons. The van der Waals surface area contributed by atoms with Crippen molar-refractivity contribution in [1.82, 2.24) is 0 Å². The van der Waals surface area contributed by atoms with Crippen molar-refractivity contribution < 1.29 is 4.79 Å². The minimum atomic E-state index is -0.291. The van der Waals surface area contributed by atoms with Crippen LogP contribution < -0.4 is 10.6 Å². The van der Waals surface area contributed by atoms with Gasteiger partial charge in [0.2, 0.25) is 0 Å². The number of para-hydroxylation sites is 1. The standard InChI is InChI=1S/C14H13ClN2O/c1-10-7-8-12(9-13(10)15)17-14(18)16-11-5-3-2-4-6-11/h2-9H,1H3,(H2,16,17,18). The number of rotatable bonds is 2. The number of nitrogens with one attached hydrogen (secondary N) is 2. The molecular weight excluding hydrogens is 248 g/mol. The van der Waals surface area contributed by atoms with Crippen LogP contribution in [0.4, 0.5) is 16.2 Å². The number of halogens is 1. The third-order valence-electron chi connectivity index (χ3n) is 2.46. The zero-order valence-electron chi connectivity index (χ0n) is 9.91. The highest BCUT2D eigenvalue weighted by Gasteiger charge is 2.03. The Labute approximate surface area is 111 Å². The molecular formula is C14H13ClN2O. The van der Waals surface area contributed by atoms with E-state index < -0.39 is 0 Å². The third kappa shape index (κ3) is 3.25. The van der Waals surface area contributed by atoms with Crippen LogP contribution >= 0.6 is 11.6 Å². The Kier molecular flexibility index (Phi) is 3.85. The van der Waals surface area contributed by atoms with Gasteiger partial charge in [0, 0.05) is 16.4 Å². The predicted molar refractivity (Wildman–Crippen MR) is 75.3 cm³/mol. The predicted octanol–water partition coefficient (Wildman–Crippen LogP) is 4.29. The second-order valence-electron chi connectivity index (χ2n) is 3.91. The molecule has 0 unspecified atom stereocenters. The first kappa shape index (κ1) is 12.5. The van der Waals surface area contributed by atoms with E-state index in [2.05, 4.69) is 10.6 Å². The van der Waals surface area contributed by atoms with Gasteiger partial charge >= 0.3 is 6.03 Å². The topological polar surface area (TPSA) is 41.1 Å². The van der Waals surface area contributed by atoms with Crippen molar-refractivity contribution in [2.75, 3.05) is 10.6 Å². The Hall–Kier alpha value is -2.00. The Morgan fingerprint density at radius 2 is 1.67 bits per heavy atom. The smallest absolute Gasteiger partial charge is 0.308 e. The van der Waals surface area contributed by atoms with Gasteiger partial charge in [0.1, 0.15) is 0 Å². The molecule has 2 N–H and O–H groups in total. The van der Waals surface area contributed by atoms with Crippen LogP contribution in [0.5, 0.6) is 0 Å². The molecule has 2 aromatic rings. The van der Waals surface area contributed by atoms with Crippen molar-refractivity contribution >= 4 is 29.0 Å². The van der Waals surface area contributed by atoms with Gasteiger partial charge in [0.15, 0.2) is 0 Å². The Balaban J connectivity index is 2.01. The van der Waals surface area contributed by atoms with Gasteiger partial charge in [-0.1, -0.05) is 35.9 Å². The number of urea groups is 1. The van der Waals surface area contributed by atoms with E-state index in [4.69, 9.17) is 11.6 Å². The molecule has 0 radical (unpaired) electrons. The maximum atomic E-state index is 11.7. The van der Waals surface area contributed by atoms with Gasteiger partial charge in [0.05, 0.1) is 0 Å². The summed E-state index contributed by atoms with van der Waals surface area (Å²) in [6, 6.07) is 14.4. The molecule has 4 heteroatoms. The van der Waals surface area contributed by atoms with Crippen molar-refractivity contribution in [3.63, 3.8) is 0 Å². The molecule has 0 fully saturated rings. The first-order valence-corrected chi connectivity index (χ1v) is 5.92. The zero-order valence-corrected chi connectivity index (χ0v) is 10.7. The van der Waals surface area contributed by atoms with Crippen LogP contribution in [0.1, 0.15) is 5.56 Å². The van der Waals surface area contributed by atoms with E-state index in [0.717, 1.165) is 11.3 Å². The van der Waals surface area contributed by atoms with E-state index in [1.54, 1.807) is 6.07 Å². The van der Waals surface area contributed by atoms with Crippen molar-refractivity contribution in [2.45, 2.75) is 6.92 Å². The van der Waals surface area contributed by atoms with E-state index >= 15 is 0 Å². The summed E-state index contributed by atoms with van der Waals surface area (Å²) in [5.41, 5.74) is 2.39. The highest BCUT2D eigenvalue weighted by molar-refractivity contribution is 6.31. The SMILES string of the molecule is Cc1ccc(NC(=O)Nc2ccccc2)cc1Cl. The molecule has 0 atom stereocenters. The molecule has 2 amide bonds. The molecule has 0 aromatic heterocycles. The van der Waals surface area contributed by atoms with Crippen molar-refractivity contribution in [2.24, 2.45) is 0 Å². The van der Waals surface area contributed by atoms with E-state index in [1.807, 2.05) is 49.4 Å². The maximum absolute atomic E-state index is 11.7. The summed E-state index contributed by atoms with van der Waals surface area (Å²) in [4.78, 5) is 11.7. The molecule has 0 bridgehead atoms. The average Bonchev–Trinajstić information content (AvgIpc) is 2.35. The summed E-state index contributed by atoms with van der Waals surface area (Å²) >= 11 is 5.99.